The first-order chi connectivity index (χ1) is 13.9. The average Bonchev–Trinajstić information content (AvgIpc) is 2.73. The molecule has 4 rings (SSSR count). The van der Waals surface area contributed by atoms with Crippen LogP contribution in [-0.2, 0) is 6.18 Å². The van der Waals surface area contributed by atoms with E-state index in [1.165, 1.54) is 12.1 Å². The van der Waals surface area contributed by atoms with E-state index in [0.717, 1.165) is 23.0 Å². The van der Waals surface area contributed by atoms with Crippen molar-refractivity contribution in [3.05, 3.63) is 96.1 Å². The van der Waals surface area contributed by atoms with E-state index in [0.29, 0.717) is 22.5 Å². The Morgan fingerprint density at radius 3 is 2.24 bits per heavy atom. The minimum Gasteiger partial charge on any atom is -0.307 e. The molecule has 1 heterocycles. The van der Waals surface area contributed by atoms with Gasteiger partial charge in [-0.3, -0.25) is 4.79 Å². The van der Waals surface area contributed by atoms with Crippen LogP contribution in [-0.4, -0.2) is 10.9 Å². The summed E-state index contributed by atoms with van der Waals surface area (Å²) in [6.45, 7) is 0. The molecular formula is C23H15F3N2O. The average molecular weight is 392 g/mol. The summed E-state index contributed by atoms with van der Waals surface area (Å²) in [6.07, 6.45) is -4.41. The number of para-hydroxylation sites is 1. The number of nitrogens with zero attached hydrogens (tertiary/aromatic N) is 1. The number of nitrogens with one attached hydrogen (secondary N) is 1. The topological polar surface area (TPSA) is 42.0 Å². The lowest BCUT2D eigenvalue weighted by molar-refractivity contribution is -0.137. The second kappa shape index (κ2) is 7.39. The van der Waals surface area contributed by atoms with Crippen LogP contribution in [0.1, 0.15) is 15.9 Å². The highest BCUT2D eigenvalue weighted by Crippen LogP contribution is 2.32. The van der Waals surface area contributed by atoms with E-state index >= 15 is 0 Å². The van der Waals surface area contributed by atoms with Gasteiger partial charge in [0.15, 0.2) is 0 Å². The van der Waals surface area contributed by atoms with E-state index in [9.17, 15) is 18.0 Å². The Bertz CT molecular complexity index is 1180. The monoisotopic (exact) mass is 392 g/mol. The summed E-state index contributed by atoms with van der Waals surface area (Å²) < 4.78 is 38.4. The first-order valence-corrected chi connectivity index (χ1v) is 8.86. The largest absolute Gasteiger partial charge is 0.416 e. The van der Waals surface area contributed by atoms with Crippen LogP contribution >= 0.6 is 0 Å². The van der Waals surface area contributed by atoms with Crippen molar-refractivity contribution in [2.24, 2.45) is 0 Å². The summed E-state index contributed by atoms with van der Waals surface area (Å²) in [6, 6.07) is 22.6. The minimum absolute atomic E-state index is 0.349. The Morgan fingerprint density at radius 1 is 0.793 bits per heavy atom. The Kier molecular flexibility index (Phi) is 4.76. The molecule has 1 N–H and O–H groups in total. The third kappa shape index (κ3) is 3.96. The summed E-state index contributed by atoms with van der Waals surface area (Å²) in [7, 11) is 0. The Labute approximate surface area is 164 Å². The molecule has 0 atom stereocenters. The van der Waals surface area contributed by atoms with E-state index in [2.05, 4.69) is 10.3 Å². The van der Waals surface area contributed by atoms with Crippen molar-refractivity contribution >= 4 is 22.6 Å². The number of fused-ring (bicyclic) bond motifs is 1. The van der Waals surface area contributed by atoms with Crippen molar-refractivity contribution in [2.45, 2.75) is 6.18 Å². The molecule has 1 aromatic heterocycles. The molecule has 4 aromatic rings. The Morgan fingerprint density at radius 2 is 1.48 bits per heavy atom. The lowest BCUT2D eigenvalue weighted by Gasteiger charge is -2.12. The van der Waals surface area contributed by atoms with Gasteiger partial charge in [-0.05, 0) is 47.5 Å². The van der Waals surface area contributed by atoms with Gasteiger partial charge in [0.2, 0.25) is 0 Å². The molecule has 144 valence electrons. The summed E-state index contributed by atoms with van der Waals surface area (Å²) in [4.78, 5) is 17.3. The molecule has 0 aliphatic rings. The molecule has 0 radical (unpaired) electrons. The van der Waals surface area contributed by atoms with Crippen molar-refractivity contribution in [1.29, 1.82) is 0 Å². The van der Waals surface area contributed by atoms with E-state index in [1.54, 1.807) is 30.3 Å². The Hall–Kier alpha value is -3.67. The smallest absolute Gasteiger partial charge is 0.307 e. The summed E-state index contributed by atoms with van der Waals surface area (Å²) in [5, 5.41) is 3.72. The fourth-order valence-corrected chi connectivity index (χ4v) is 3.09. The van der Waals surface area contributed by atoms with Crippen LogP contribution in [0.2, 0.25) is 0 Å². The zero-order valence-electron chi connectivity index (χ0n) is 15.1. The lowest BCUT2D eigenvalue weighted by atomic mass is 9.98. The molecule has 3 nitrogen and oxygen atoms in total. The molecule has 0 spiro atoms. The number of halogens is 3. The van der Waals surface area contributed by atoms with Crippen molar-refractivity contribution in [2.75, 3.05) is 5.32 Å². The van der Waals surface area contributed by atoms with Gasteiger partial charge < -0.3 is 5.32 Å². The van der Waals surface area contributed by atoms with Crippen LogP contribution in [0.25, 0.3) is 22.0 Å². The molecule has 0 saturated carbocycles. The first kappa shape index (κ1) is 18.7. The number of benzene rings is 3. The molecule has 0 saturated heterocycles. The zero-order valence-corrected chi connectivity index (χ0v) is 15.1. The lowest BCUT2D eigenvalue weighted by Crippen LogP contribution is -2.14. The predicted molar refractivity (Wildman–Crippen MR) is 107 cm³/mol. The van der Waals surface area contributed by atoms with Crippen molar-refractivity contribution in [1.82, 2.24) is 4.98 Å². The van der Waals surface area contributed by atoms with Gasteiger partial charge in [-0.25, -0.2) is 4.98 Å². The van der Waals surface area contributed by atoms with E-state index < -0.39 is 11.7 Å². The summed E-state index contributed by atoms with van der Waals surface area (Å²) in [5.74, 6) is 0.0131. The number of rotatable bonds is 3. The van der Waals surface area contributed by atoms with Gasteiger partial charge in [0, 0.05) is 10.9 Å². The molecule has 29 heavy (non-hydrogen) atoms. The molecule has 1 amide bonds. The number of aromatic nitrogens is 1. The van der Waals surface area contributed by atoms with Gasteiger partial charge in [-0.15, -0.1) is 0 Å². The quantitative estimate of drug-likeness (QED) is 0.453. The standard InChI is InChI=1S/C23H15F3N2O/c24-23(25,26)17-12-9-15(10-13-17)18-6-2-3-7-19(18)22(29)28-21-14-11-16-5-1-4-8-20(16)27-21/h1-14H,(H,27,28,29). The fourth-order valence-electron chi connectivity index (χ4n) is 3.09. The number of pyridine rings is 1. The molecule has 0 fully saturated rings. The third-order valence-corrected chi connectivity index (χ3v) is 4.53. The maximum Gasteiger partial charge on any atom is 0.416 e. The molecule has 0 unspecified atom stereocenters. The number of carbonyl (C=O) groups excluding carboxylic acids is 1. The van der Waals surface area contributed by atoms with Gasteiger partial charge in [0.25, 0.3) is 5.91 Å². The van der Waals surface area contributed by atoms with Crippen LogP contribution in [0.5, 0.6) is 0 Å². The number of anilines is 1. The molecule has 0 aliphatic heterocycles. The minimum atomic E-state index is -4.41. The van der Waals surface area contributed by atoms with Gasteiger partial charge in [-0.2, -0.15) is 13.2 Å². The molecule has 0 aliphatic carbocycles. The molecular weight excluding hydrogens is 377 g/mol. The van der Waals surface area contributed by atoms with E-state index in [1.807, 2.05) is 30.3 Å². The highest BCUT2D eigenvalue weighted by molar-refractivity contribution is 6.08. The highest BCUT2D eigenvalue weighted by atomic mass is 19.4. The number of amides is 1. The molecule has 0 bridgehead atoms. The van der Waals surface area contributed by atoms with Crippen molar-refractivity contribution in [3.63, 3.8) is 0 Å². The highest BCUT2D eigenvalue weighted by Gasteiger charge is 2.30. The van der Waals surface area contributed by atoms with Crippen LogP contribution in [0, 0.1) is 0 Å². The molecule has 3 aromatic carbocycles. The summed E-state index contributed by atoms with van der Waals surface area (Å²) in [5.41, 5.74) is 1.43. The van der Waals surface area contributed by atoms with Crippen LogP contribution in [0.15, 0.2) is 84.9 Å². The van der Waals surface area contributed by atoms with Crippen molar-refractivity contribution in [3.8, 4) is 11.1 Å². The van der Waals surface area contributed by atoms with Gasteiger partial charge in [-0.1, -0.05) is 48.5 Å². The second-order valence-electron chi connectivity index (χ2n) is 6.46. The van der Waals surface area contributed by atoms with E-state index in [-0.39, 0.29) is 5.91 Å². The fraction of sp³-hybridized carbons (Fsp3) is 0.0435. The van der Waals surface area contributed by atoms with Gasteiger partial charge in [0.05, 0.1) is 11.1 Å². The number of hydrogen-bond acceptors (Lipinski definition) is 2. The van der Waals surface area contributed by atoms with Gasteiger partial charge in [0.1, 0.15) is 5.82 Å². The van der Waals surface area contributed by atoms with Crippen molar-refractivity contribution < 1.29 is 18.0 Å². The van der Waals surface area contributed by atoms with Gasteiger partial charge >= 0.3 is 6.18 Å². The maximum absolute atomic E-state index is 12.8. The zero-order chi connectivity index (χ0) is 20.4. The SMILES string of the molecule is O=C(Nc1ccc2ccccc2n1)c1ccccc1-c1ccc(C(F)(F)F)cc1. The summed E-state index contributed by atoms with van der Waals surface area (Å²) >= 11 is 0. The van der Waals surface area contributed by atoms with Crippen LogP contribution in [0.3, 0.4) is 0 Å². The Balaban J connectivity index is 1.64. The van der Waals surface area contributed by atoms with E-state index in [4.69, 9.17) is 0 Å². The number of hydrogen-bond donors (Lipinski definition) is 1. The second-order valence-corrected chi connectivity index (χ2v) is 6.46. The third-order valence-electron chi connectivity index (χ3n) is 4.53. The first-order valence-electron chi connectivity index (χ1n) is 8.86. The predicted octanol–water partition coefficient (Wildman–Crippen LogP) is 6.17. The number of carbonyl (C=O) groups is 1. The van der Waals surface area contributed by atoms with Crippen LogP contribution < -0.4 is 5.32 Å². The molecule has 6 heteroatoms. The normalized spacial score (nSPS) is 11.4. The number of alkyl halides is 3. The maximum atomic E-state index is 12.8. The van der Waals surface area contributed by atoms with Crippen LogP contribution in [0.4, 0.5) is 19.0 Å².